The van der Waals surface area contributed by atoms with Crippen molar-refractivity contribution in [2.45, 2.75) is 18.6 Å². The number of benzene rings is 1. The van der Waals surface area contributed by atoms with Crippen LogP contribution in [-0.2, 0) is 20.8 Å². The van der Waals surface area contributed by atoms with Crippen LogP contribution in [0.25, 0.3) is 0 Å². The number of halogens is 3. The number of hydrogen-bond acceptors (Lipinski definition) is 4. The molecule has 1 atom stereocenters. The number of sulfone groups is 1. The standard InChI is InChI=1S/C12H15F3N2O3S/c1-21(19,20)7-6-10(16)11(18)17-9-4-2-8(3-5-9)12(13,14)15/h2-5,10H,6-7,16H2,1H3,(H,17,18). The van der Waals surface area contributed by atoms with E-state index < -0.39 is 33.5 Å². The quantitative estimate of drug-likeness (QED) is 0.857. The van der Waals surface area contributed by atoms with Crippen LogP contribution in [0, 0.1) is 0 Å². The minimum atomic E-state index is -4.45. The molecule has 1 rings (SSSR count). The lowest BCUT2D eigenvalue weighted by atomic mass is 10.2. The van der Waals surface area contributed by atoms with Crippen molar-refractivity contribution < 1.29 is 26.4 Å². The van der Waals surface area contributed by atoms with E-state index in [1.807, 2.05) is 0 Å². The highest BCUT2D eigenvalue weighted by Gasteiger charge is 2.30. The zero-order valence-electron chi connectivity index (χ0n) is 11.1. The van der Waals surface area contributed by atoms with Crippen molar-refractivity contribution in [3.05, 3.63) is 29.8 Å². The zero-order valence-corrected chi connectivity index (χ0v) is 12.0. The fourth-order valence-electron chi connectivity index (χ4n) is 1.45. The minimum absolute atomic E-state index is 0.0642. The van der Waals surface area contributed by atoms with E-state index in [2.05, 4.69) is 5.32 Å². The Morgan fingerprint density at radius 3 is 2.24 bits per heavy atom. The largest absolute Gasteiger partial charge is 0.416 e. The summed E-state index contributed by atoms with van der Waals surface area (Å²) in [6, 6.07) is 2.81. The number of anilines is 1. The Morgan fingerprint density at radius 1 is 1.29 bits per heavy atom. The first-order chi connectivity index (χ1) is 9.49. The molecule has 0 fully saturated rings. The Labute approximate surface area is 120 Å². The van der Waals surface area contributed by atoms with Gasteiger partial charge in [-0.15, -0.1) is 0 Å². The van der Waals surface area contributed by atoms with Crippen molar-refractivity contribution in [1.29, 1.82) is 0 Å². The van der Waals surface area contributed by atoms with Gasteiger partial charge in [-0.1, -0.05) is 0 Å². The molecule has 0 heterocycles. The molecular weight excluding hydrogens is 309 g/mol. The van der Waals surface area contributed by atoms with Crippen LogP contribution in [0.2, 0.25) is 0 Å². The normalized spacial score (nSPS) is 13.8. The molecule has 0 aliphatic carbocycles. The van der Waals surface area contributed by atoms with Gasteiger partial charge in [0.05, 0.1) is 17.4 Å². The molecule has 0 radical (unpaired) electrons. The van der Waals surface area contributed by atoms with Crippen LogP contribution < -0.4 is 11.1 Å². The number of rotatable bonds is 5. The molecule has 21 heavy (non-hydrogen) atoms. The average Bonchev–Trinajstić information content (AvgIpc) is 2.34. The maximum absolute atomic E-state index is 12.4. The SMILES string of the molecule is CS(=O)(=O)CCC(N)C(=O)Nc1ccc(C(F)(F)F)cc1. The van der Waals surface area contributed by atoms with E-state index in [1.54, 1.807) is 0 Å². The topological polar surface area (TPSA) is 89.3 Å². The molecule has 0 aromatic heterocycles. The van der Waals surface area contributed by atoms with Gasteiger partial charge in [-0.2, -0.15) is 13.2 Å². The Morgan fingerprint density at radius 2 is 1.81 bits per heavy atom. The van der Waals surface area contributed by atoms with Crippen LogP contribution >= 0.6 is 0 Å². The van der Waals surface area contributed by atoms with E-state index in [4.69, 9.17) is 5.73 Å². The second-order valence-corrected chi connectivity index (χ2v) is 6.85. The summed E-state index contributed by atoms with van der Waals surface area (Å²) < 4.78 is 59.0. The fourth-order valence-corrected chi connectivity index (χ4v) is 2.13. The molecule has 0 saturated carbocycles. The summed E-state index contributed by atoms with van der Waals surface area (Å²) in [5.41, 5.74) is 4.84. The van der Waals surface area contributed by atoms with Gasteiger partial charge in [0, 0.05) is 11.9 Å². The van der Waals surface area contributed by atoms with Crippen molar-refractivity contribution >= 4 is 21.4 Å². The number of carbonyl (C=O) groups is 1. The third kappa shape index (κ3) is 6.13. The van der Waals surface area contributed by atoms with E-state index in [0.29, 0.717) is 0 Å². The van der Waals surface area contributed by atoms with Gasteiger partial charge in [0.1, 0.15) is 9.84 Å². The van der Waals surface area contributed by atoms with Gasteiger partial charge in [0.15, 0.2) is 0 Å². The van der Waals surface area contributed by atoms with Crippen LogP contribution in [0.15, 0.2) is 24.3 Å². The first-order valence-electron chi connectivity index (χ1n) is 5.90. The Bertz CT molecular complexity index is 597. The molecule has 3 N–H and O–H groups in total. The number of alkyl halides is 3. The lowest BCUT2D eigenvalue weighted by Gasteiger charge is -2.12. The molecule has 0 saturated heterocycles. The van der Waals surface area contributed by atoms with Gasteiger partial charge >= 0.3 is 6.18 Å². The highest BCUT2D eigenvalue weighted by molar-refractivity contribution is 7.90. The highest BCUT2D eigenvalue weighted by atomic mass is 32.2. The summed E-state index contributed by atoms with van der Waals surface area (Å²) in [6.07, 6.45) is -3.49. The molecule has 0 spiro atoms. The van der Waals surface area contributed by atoms with Gasteiger partial charge in [-0.05, 0) is 30.7 Å². The minimum Gasteiger partial charge on any atom is -0.325 e. The Kier molecular flexibility index (Phi) is 5.35. The van der Waals surface area contributed by atoms with Crippen LogP contribution in [-0.4, -0.2) is 32.4 Å². The molecule has 0 bridgehead atoms. The molecule has 0 aliphatic rings. The molecule has 1 amide bonds. The average molecular weight is 324 g/mol. The second-order valence-electron chi connectivity index (χ2n) is 4.59. The maximum atomic E-state index is 12.4. The Balaban J connectivity index is 2.62. The monoisotopic (exact) mass is 324 g/mol. The third-order valence-corrected chi connectivity index (χ3v) is 3.59. The van der Waals surface area contributed by atoms with Crippen molar-refractivity contribution in [3.63, 3.8) is 0 Å². The summed E-state index contributed by atoms with van der Waals surface area (Å²) in [5, 5.41) is 2.33. The van der Waals surface area contributed by atoms with Crippen molar-refractivity contribution in [2.75, 3.05) is 17.3 Å². The van der Waals surface area contributed by atoms with Gasteiger partial charge < -0.3 is 11.1 Å². The van der Waals surface area contributed by atoms with Crippen molar-refractivity contribution in [3.8, 4) is 0 Å². The smallest absolute Gasteiger partial charge is 0.325 e. The zero-order chi connectivity index (χ0) is 16.3. The van der Waals surface area contributed by atoms with Crippen LogP contribution in [0.1, 0.15) is 12.0 Å². The second kappa shape index (κ2) is 6.44. The highest BCUT2D eigenvalue weighted by Crippen LogP contribution is 2.29. The summed E-state index contributed by atoms with van der Waals surface area (Å²) in [7, 11) is -3.23. The van der Waals surface area contributed by atoms with Crippen LogP contribution in [0.5, 0.6) is 0 Å². The van der Waals surface area contributed by atoms with E-state index in [1.165, 1.54) is 0 Å². The van der Waals surface area contributed by atoms with Gasteiger partial charge in [0.25, 0.3) is 0 Å². The van der Waals surface area contributed by atoms with E-state index in [0.717, 1.165) is 30.5 Å². The first-order valence-corrected chi connectivity index (χ1v) is 7.96. The van der Waals surface area contributed by atoms with Crippen molar-refractivity contribution in [1.82, 2.24) is 0 Å². The molecule has 1 aromatic rings. The summed E-state index contributed by atoms with van der Waals surface area (Å²) in [6.45, 7) is 0. The number of hydrogen-bond donors (Lipinski definition) is 2. The number of nitrogens with two attached hydrogens (primary N) is 1. The van der Waals surface area contributed by atoms with Gasteiger partial charge in [0.2, 0.25) is 5.91 Å². The molecule has 118 valence electrons. The van der Waals surface area contributed by atoms with E-state index in [-0.39, 0.29) is 17.9 Å². The lowest BCUT2D eigenvalue weighted by molar-refractivity contribution is -0.137. The van der Waals surface area contributed by atoms with E-state index in [9.17, 15) is 26.4 Å². The third-order valence-electron chi connectivity index (χ3n) is 2.62. The first kappa shape index (κ1) is 17.4. The van der Waals surface area contributed by atoms with Gasteiger partial charge in [-0.25, -0.2) is 8.42 Å². The van der Waals surface area contributed by atoms with Gasteiger partial charge in [-0.3, -0.25) is 4.79 Å². The van der Waals surface area contributed by atoms with Crippen molar-refractivity contribution in [2.24, 2.45) is 5.73 Å². The predicted molar refractivity (Wildman–Crippen MR) is 72.4 cm³/mol. The predicted octanol–water partition coefficient (Wildman–Crippen LogP) is 1.41. The molecule has 1 aromatic carbocycles. The van der Waals surface area contributed by atoms with Crippen LogP contribution in [0.3, 0.4) is 0 Å². The summed E-state index contributed by atoms with van der Waals surface area (Å²) in [5.74, 6) is -0.896. The van der Waals surface area contributed by atoms with E-state index >= 15 is 0 Å². The summed E-state index contributed by atoms with van der Waals surface area (Å²) >= 11 is 0. The maximum Gasteiger partial charge on any atom is 0.416 e. The van der Waals surface area contributed by atoms with Crippen LogP contribution in [0.4, 0.5) is 18.9 Å². The molecule has 0 aliphatic heterocycles. The summed E-state index contributed by atoms with van der Waals surface area (Å²) in [4.78, 5) is 11.7. The number of nitrogens with one attached hydrogen (secondary N) is 1. The molecule has 1 unspecified atom stereocenters. The molecule has 5 nitrogen and oxygen atoms in total. The fraction of sp³-hybridized carbons (Fsp3) is 0.417. The molecule has 9 heteroatoms. The molecular formula is C12H15F3N2O3S. The Hall–Kier alpha value is -1.61. The number of carbonyl (C=O) groups excluding carboxylic acids is 1. The lowest BCUT2D eigenvalue weighted by Crippen LogP contribution is -2.37. The number of amides is 1.